The average molecular weight is 284 g/mol. The highest BCUT2D eigenvalue weighted by molar-refractivity contribution is 5.56. The summed E-state index contributed by atoms with van der Waals surface area (Å²) in [6.07, 6.45) is 2.65. The van der Waals surface area contributed by atoms with Crippen LogP contribution in [0.2, 0.25) is 0 Å². The first-order valence-corrected chi connectivity index (χ1v) is 7.95. The van der Waals surface area contributed by atoms with E-state index in [0.29, 0.717) is 6.04 Å². The van der Waals surface area contributed by atoms with Crippen molar-refractivity contribution in [2.24, 2.45) is 0 Å². The van der Waals surface area contributed by atoms with E-state index in [-0.39, 0.29) is 0 Å². The van der Waals surface area contributed by atoms with Gasteiger partial charge in [0.1, 0.15) is 5.82 Å². The van der Waals surface area contributed by atoms with Crippen LogP contribution in [-0.2, 0) is 6.54 Å². The van der Waals surface area contributed by atoms with Crippen LogP contribution in [0, 0.1) is 6.92 Å². The quantitative estimate of drug-likeness (QED) is 0.862. The van der Waals surface area contributed by atoms with Crippen molar-refractivity contribution in [3.63, 3.8) is 0 Å². The third kappa shape index (κ3) is 2.86. The van der Waals surface area contributed by atoms with Crippen LogP contribution >= 0.6 is 0 Å². The number of aromatic nitrogens is 3. The average Bonchev–Trinajstić information content (AvgIpc) is 3.15. The lowest BCUT2D eigenvalue weighted by Crippen LogP contribution is -2.23. The van der Waals surface area contributed by atoms with Gasteiger partial charge in [-0.3, -0.25) is 4.90 Å². The molecule has 0 unspecified atom stereocenters. The van der Waals surface area contributed by atoms with E-state index >= 15 is 0 Å². The van der Waals surface area contributed by atoms with Crippen LogP contribution in [-0.4, -0.2) is 32.8 Å². The molecule has 1 saturated heterocycles. The van der Waals surface area contributed by atoms with Crippen molar-refractivity contribution in [2.75, 3.05) is 13.1 Å². The molecule has 2 heterocycles. The highest BCUT2D eigenvalue weighted by Crippen LogP contribution is 2.27. The molecule has 0 bridgehead atoms. The van der Waals surface area contributed by atoms with E-state index in [1.54, 1.807) is 0 Å². The van der Waals surface area contributed by atoms with E-state index in [0.717, 1.165) is 18.2 Å². The largest absolute Gasteiger partial charge is 0.297 e. The molecule has 0 amide bonds. The van der Waals surface area contributed by atoms with E-state index in [4.69, 9.17) is 0 Å². The summed E-state index contributed by atoms with van der Waals surface area (Å²) in [6, 6.07) is 9.26. The zero-order valence-corrected chi connectivity index (χ0v) is 13.2. The zero-order chi connectivity index (χ0) is 14.8. The fourth-order valence-electron chi connectivity index (χ4n) is 3.17. The monoisotopic (exact) mass is 284 g/mol. The van der Waals surface area contributed by atoms with Crippen molar-refractivity contribution in [1.29, 1.82) is 0 Å². The van der Waals surface area contributed by atoms with Crippen molar-refractivity contribution < 1.29 is 0 Å². The van der Waals surface area contributed by atoms with E-state index in [9.17, 15) is 0 Å². The second-order valence-corrected chi connectivity index (χ2v) is 5.84. The molecule has 1 aromatic heterocycles. The summed E-state index contributed by atoms with van der Waals surface area (Å²) >= 11 is 0. The SMILES string of the molecule is CCn1nc(C)nc1-c1cccc([C@H](C)N2CCCC2)c1. The molecular formula is C17H24N4. The Morgan fingerprint density at radius 3 is 2.71 bits per heavy atom. The molecule has 1 aliphatic rings. The molecule has 0 spiro atoms. The molecular weight excluding hydrogens is 260 g/mol. The summed E-state index contributed by atoms with van der Waals surface area (Å²) in [5, 5.41) is 4.45. The molecule has 0 radical (unpaired) electrons. The summed E-state index contributed by atoms with van der Waals surface area (Å²) in [5.74, 6) is 1.82. The Morgan fingerprint density at radius 1 is 1.24 bits per heavy atom. The fraction of sp³-hybridized carbons (Fsp3) is 0.529. The van der Waals surface area contributed by atoms with Gasteiger partial charge in [0.25, 0.3) is 0 Å². The third-order valence-electron chi connectivity index (χ3n) is 4.39. The van der Waals surface area contributed by atoms with E-state index in [2.05, 4.69) is 53.1 Å². The molecule has 2 aromatic rings. The van der Waals surface area contributed by atoms with Gasteiger partial charge in [-0.2, -0.15) is 5.10 Å². The highest BCUT2D eigenvalue weighted by atomic mass is 15.3. The molecule has 0 saturated carbocycles. The number of benzene rings is 1. The van der Waals surface area contributed by atoms with Crippen molar-refractivity contribution >= 4 is 0 Å². The summed E-state index contributed by atoms with van der Waals surface area (Å²) in [4.78, 5) is 7.15. The van der Waals surface area contributed by atoms with Crippen LogP contribution in [0.25, 0.3) is 11.4 Å². The van der Waals surface area contributed by atoms with Crippen molar-refractivity contribution in [2.45, 2.75) is 46.2 Å². The molecule has 4 heteroatoms. The first kappa shape index (κ1) is 14.3. The lowest BCUT2D eigenvalue weighted by Gasteiger charge is -2.24. The molecule has 1 fully saturated rings. The smallest absolute Gasteiger partial charge is 0.158 e. The maximum absolute atomic E-state index is 4.59. The summed E-state index contributed by atoms with van der Waals surface area (Å²) in [6.45, 7) is 9.65. The second-order valence-electron chi connectivity index (χ2n) is 5.84. The van der Waals surface area contributed by atoms with Crippen LogP contribution in [0.15, 0.2) is 24.3 Å². The third-order valence-corrected chi connectivity index (χ3v) is 4.39. The Hall–Kier alpha value is -1.68. The van der Waals surface area contributed by atoms with Gasteiger partial charge in [0.05, 0.1) is 0 Å². The summed E-state index contributed by atoms with van der Waals surface area (Å²) in [7, 11) is 0. The van der Waals surface area contributed by atoms with Crippen molar-refractivity contribution in [3.05, 3.63) is 35.7 Å². The number of likely N-dealkylation sites (tertiary alicyclic amines) is 1. The molecule has 1 atom stereocenters. The topological polar surface area (TPSA) is 34.0 Å². The van der Waals surface area contributed by atoms with E-state index in [1.807, 2.05) is 11.6 Å². The molecule has 0 N–H and O–H groups in total. The Labute approximate surface area is 126 Å². The standard InChI is InChI=1S/C17H24N4/c1-4-21-17(18-14(3)19-21)16-9-7-8-15(12-16)13(2)20-10-5-6-11-20/h7-9,12-13H,4-6,10-11H2,1-3H3/t13-/m0/s1. The van der Waals surface area contributed by atoms with Crippen LogP contribution in [0.5, 0.6) is 0 Å². The molecule has 1 aliphatic heterocycles. The van der Waals surface area contributed by atoms with Gasteiger partial charge in [0.15, 0.2) is 5.82 Å². The summed E-state index contributed by atoms with van der Waals surface area (Å²) in [5.41, 5.74) is 2.54. The second kappa shape index (κ2) is 5.98. The maximum Gasteiger partial charge on any atom is 0.158 e. The number of hydrogen-bond donors (Lipinski definition) is 0. The first-order chi connectivity index (χ1) is 10.2. The summed E-state index contributed by atoms with van der Waals surface area (Å²) < 4.78 is 1.98. The highest BCUT2D eigenvalue weighted by Gasteiger charge is 2.20. The minimum Gasteiger partial charge on any atom is -0.297 e. The number of nitrogens with zero attached hydrogens (tertiary/aromatic N) is 4. The van der Waals surface area contributed by atoms with Gasteiger partial charge in [0, 0.05) is 18.2 Å². The van der Waals surface area contributed by atoms with Gasteiger partial charge in [-0.05, 0) is 58.3 Å². The van der Waals surface area contributed by atoms with Gasteiger partial charge in [0.2, 0.25) is 0 Å². The van der Waals surface area contributed by atoms with Crippen LogP contribution in [0.4, 0.5) is 0 Å². The van der Waals surface area contributed by atoms with E-state index in [1.165, 1.54) is 37.1 Å². The Morgan fingerprint density at radius 2 is 2.00 bits per heavy atom. The molecule has 21 heavy (non-hydrogen) atoms. The molecule has 0 aliphatic carbocycles. The first-order valence-electron chi connectivity index (χ1n) is 7.95. The zero-order valence-electron chi connectivity index (χ0n) is 13.2. The van der Waals surface area contributed by atoms with Crippen LogP contribution in [0.1, 0.15) is 44.1 Å². The normalized spacial score (nSPS) is 17.3. The minimum absolute atomic E-state index is 0.478. The Balaban J connectivity index is 1.92. The Bertz CT molecular complexity index is 611. The van der Waals surface area contributed by atoms with Gasteiger partial charge >= 0.3 is 0 Å². The Kier molecular flexibility index (Phi) is 4.06. The predicted octanol–water partition coefficient (Wildman–Crippen LogP) is 3.43. The molecule has 4 nitrogen and oxygen atoms in total. The van der Waals surface area contributed by atoms with Gasteiger partial charge in [-0.25, -0.2) is 9.67 Å². The van der Waals surface area contributed by atoms with Crippen molar-refractivity contribution in [3.8, 4) is 11.4 Å². The molecule has 3 rings (SSSR count). The van der Waals surface area contributed by atoms with Crippen LogP contribution in [0.3, 0.4) is 0 Å². The predicted molar refractivity (Wildman–Crippen MR) is 85.1 cm³/mol. The van der Waals surface area contributed by atoms with Crippen LogP contribution < -0.4 is 0 Å². The number of rotatable bonds is 4. The number of hydrogen-bond acceptors (Lipinski definition) is 3. The van der Waals surface area contributed by atoms with Crippen molar-refractivity contribution in [1.82, 2.24) is 19.7 Å². The van der Waals surface area contributed by atoms with Gasteiger partial charge in [-0.15, -0.1) is 0 Å². The maximum atomic E-state index is 4.59. The fourth-order valence-corrected chi connectivity index (χ4v) is 3.17. The van der Waals surface area contributed by atoms with Gasteiger partial charge in [-0.1, -0.05) is 18.2 Å². The molecule has 1 aromatic carbocycles. The lowest BCUT2D eigenvalue weighted by atomic mass is 10.0. The van der Waals surface area contributed by atoms with E-state index < -0.39 is 0 Å². The van der Waals surface area contributed by atoms with Gasteiger partial charge < -0.3 is 0 Å². The number of aryl methyl sites for hydroxylation is 2. The minimum atomic E-state index is 0.478. The molecule has 112 valence electrons. The lowest BCUT2D eigenvalue weighted by molar-refractivity contribution is 0.263.